The van der Waals surface area contributed by atoms with E-state index in [0.717, 1.165) is 11.1 Å². The summed E-state index contributed by atoms with van der Waals surface area (Å²) in [6, 6.07) is 18.4. The number of hydrogen-bond donors (Lipinski definition) is 1. The summed E-state index contributed by atoms with van der Waals surface area (Å²) in [5.74, 6) is 0. The van der Waals surface area contributed by atoms with Crippen LogP contribution in [0.4, 0.5) is 0 Å². The van der Waals surface area contributed by atoms with Gasteiger partial charge in [-0.2, -0.15) is 8.42 Å². The van der Waals surface area contributed by atoms with Crippen LogP contribution in [0.3, 0.4) is 0 Å². The van der Waals surface area contributed by atoms with E-state index in [2.05, 4.69) is 0 Å². The SMILES string of the molecule is CC(=C(C=Cc1ccccc1)S(=O)(=O)O)c1ccccc1. The highest BCUT2D eigenvalue weighted by Crippen LogP contribution is 2.23. The molecule has 0 amide bonds. The predicted octanol–water partition coefficient (Wildman–Crippen LogP) is 4.02. The molecule has 0 aliphatic rings. The lowest BCUT2D eigenvalue weighted by Crippen LogP contribution is -2.02. The van der Waals surface area contributed by atoms with Crippen LogP contribution in [0.25, 0.3) is 11.6 Å². The molecular weight excluding hydrogens is 284 g/mol. The van der Waals surface area contributed by atoms with Gasteiger partial charge in [-0.05, 0) is 29.7 Å². The van der Waals surface area contributed by atoms with Gasteiger partial charge in [0, 0.05) is 0 Å². The van der Waals surface area contributed by atoms with E-state index in [-0.39, 0.29) is 4.91 Å². The van der Waals surface area contributed by atoms with Gasteiger partial charge >= 0.3 is 0 Å². The first-order valence-corrected chi connectivity index (χ1v) is 7.89. The van der Waals surface area contributed by atoms with Crippen molar-refractivity contribution in [2.75, 3.05) is 0 Å². The third kappa shape index (κ3) is 4.15. The molecule has 2 aromatic rings. The molecular formula is C17H16O3S. The Hall–Kier alpha value is -2.17. The van der Waals surface area contributed by atoms with Gasteiger partial charge in [-0.25, -0.2) is 0 Å². The Morgan fingerprint density at radius 2 is 1.48 bits per heavy atom. The van der Waals surface area contributed by atoms with Crippen molar-refractivity contribution in [1.82, 2.24) is 0 Å². The predicted molar refractivity (Wildman–Crippen MR) is 86.1 cm³/mol. The molecule has 0 aliphatic heterocycles. The van der Waals surface area contributed by atoms with Gasteiger partial charge in [-0.3, -0.25) is 4.55 Å². The molecule has 0 radical (unpaired) electrons. The van der Waals surface area contributed by atoms with Crippen molar-refractivity contribution in [1.29, 1.82) is 0 Å². The van der Waals surface area contributed by atoms with Crippen LogP contribution in [-0.4, -0.2) is 13.0 Å². The van der Waals surface area contributed by atoms with Crippen LogP contribution in [0.15, 0.2) is 71.6 Å². The highest BCUT2D eigenvalue weighted by atomic mass is 32.2. The second-order valence-corrected chi connectivity index (χ2v) is 5.96. The molecule has 2 aromatic carbocycles. The Bertz CT molecular complexity index is 758. The number of allylic oxidation sites excluding steroid dienone is 2. The maximum Gasteiger partial charge on any atom is 0.294 e. The number of hydrogen-bond acceptors (Lipinski definition) is 2. The van der Waals surface area contributed by atoms with Crippen LogP contribution in [0, 0.1) is 0 Å². The Labute approximate surface area is 125 Å². The molecule has 0 bridgehead atoms. The average Bonchev–Trinajstić information content (AvgIpc) is 2.48. The molecule has 2 rings (SSSR count). The molecule has 4 heteroatoms. The van der Waals surface area contributed by atoms with E-state index in [4.69, 9.17) is 0 Å². The fourth-order valence-corrected chi connectivity index (χ4v) is 2.72. The van der Waals surface area contributed by atoms with Crippen LogP contribution in [0.2, 0.25) is 0 Å². The van der Waals surface area contributed by atoms with E-state index in [9.17, 15) is 13.0 Å². The molecule has 0 aliphatic carbocycles. The molecule has 0 heterocycles. The summed E-state index contributed by atoms with van der Waals surface area (Å²) in [6.45, 7) is 1.67. The van der Waals surface area contributed by atoms with Gasteiger partial charge in [0.1, 0.15) is 0 Å². The van der Waals surface area contributed by atoms with Crippen LogP contribution in [0.5, 0.6) is 0 Å². The molecule has 0 saturated carbocycles. The Morgan fingerprint density at radius 1 is 0.952 bits per heavy atom. The topological polar surface area (TPSA) is 54.4 Å². The number of benzene rings is 2. The third-order valence-electron chi connectivity index (χ3n) is 3.08. The van der Waals surface area contributed by atoms with Crippen LogP contribution >= 0.6 is 0 Å². The second kappa shape index (κ2) is 6.52. The fraction of sp³-hybridized carbons (Fsp3) is 0.0588. The first kappa shape index (κ1) is 15.2. The summed E-state index contributed by atoms with van der Waals surface area (Å²) >= 11 is 0. The summed E-state index contributed by atoms with van der Waals surface area (Å²) in [7, 11) is -4.29. The third-order valence-corrected chi connectivity index (χ3v) is 4.08. The van der Waals surface area contributed by atoms with E-state index in [1.807, 2.05) is 48.5 Å². The number of rotatable bonds is 4. The van der Waals surface area contributed by atoms with E-state index in [1.165, 1.54) is 6.08 Å². The van der Waals surface area contributed by atoms with Gasteiger partial charge in [-0.1, -0.05) is 66.7 Å². The van der Waals surface area contributed by atoms with E-state index in [0.29, 0.717) is 5.57 Å². The molecule has 1 N–H and O–H groups in total. The zero-order chi connectivity index (χ0) is 15.3. The molecule has 108 valence electrons. The van der Waals surface area contributed by atoms with Gasteiger partial charge in [-0.15, -0.1) is 0 Å². The van der Waals surface area contributed by atoms with Crippen molar-refractivity contribution in [3.8, 4) is 0 Å². The van der Waals surface area contributed by atoms with Gasteiger partial charge < -0.3 is 0 Å². The summed E-state index contributed by atoms with van der Waals surface area (Å²) < 4.78 is 32.7. The zero-order valence-electron chi connectivity index (χ0n) is 11.6. The van der Waals surface area contributed by atoms with E-state index < -0.39 is 10.1 Å². The lowest BCUT2D eigenvalue weighted by molar-refractivity contribution is 0.492. The van der Waals surface area contributed by atoms with Gasteiger partial charge in [0.05, 0.1) is 4.91 Å². The zero-order valence-corrected chi connectivity index (χ0v) is 12.4. The molecule has 0 aromatic heterocycles. The largest absolute Gasteiger partial charge is 0.294 e. The Kier molecular flexibility index (Phi) is 4.73. The lowest BCUT2D eigenvalue weighted by Gasteiger charge is -2.06. The Balaban J connectivity index is 2.48. The smallest absolute Gasteiger partial charge is 0.282 e. The van der Waals surface area contributed by atoms with Crippen molar-refractivity contribution in [3.05, 3.63) is 82.8 Å². The van der Waals surface area contributed by atoms with Crippen LogP contribution < -0.4 is 0 Å². The van der Waals surface area contributed by atoms with Crippen molar-refractivity contribution in [2.24, 2.45) is 0 Å². The van der Waals surface area contributed by atoms with E-state index >= 15 is 0 Å². The standard InChI is InChI=1S/C17H16O3S/c1-14(16-10-6-3-7-11-16)17(21(18,19)20)13-12-15-8-4-2-5-9-15/h2-13H,1H3,(H,18,19,20). The van der Waals surface area contributed by atoms with Gasteiger partial charge in [0.25, 0.3) is 10.1 Å². The molecule has 0 fully saturated rings. The highest BCUT2D eigenvalue weighted by molar-refractivity contribution is 7.90. The maximum absolute atomic E-state index is 11.6. The molecule has 3 nitrogen and oxygen atoms in total. The summed E-state index contributed by atoms with van der Waals surface area (Å²) in [6.07, 6.45) is 3.09. The Morgan fingerprint density at radius 3 is 2.00 bits per heavy atom. The minimum Gasteiger partial charge on any atom is -0.282 e. The van der Waals surface area contributed by atoms with Gasteiger partial charge in [0.15, 0.2) is 0 Å². The highest BCUT2D eigenvalue weighted by Gasteiger charge is 2.15. The average molecular weight is 300 g/mol. The summed E-state index contributed by atoms with van der Waals surface area (Å²) in [5, 5.41) is 0. The molecule has 0 spiro atoms. The van der Waals surface area contributed by atoms with Crippen molar-refractivity contribution < 1.29 is 13.0 Å². The monoisotopic (exact) mass is 300 g/mol. The molecule has 21 heavy (non-hydrogen) atoms. The molecule has 0 atom stereocenters. The minimum atomic E-state index is -4.29. The van der Waals surface area contributed by atoms with Crippen molar-refractivity contribution in [3.63, 3.8) is 0 Å². The summed E-state index contributed by atoms with van der Waals surface area (Å²) in [5.41, 5.74) is 2.12. The molecule has 0 unspecified atom stereocenters. The fourth-order valence-electron chi connectivity index (χ4n) is 1.97. The quantitative estimate of drug-likeness (QED) is 0.685. The summed E-state index contributed by atoms with van der Waals surface area (Å²) in [4.78, 5) is -0.0995. The normalized spacial score (nSPS) is 13.2. The second-order valence-electron chi connectivity index (χ2n) is 4.57. The lowest BCUT2D eigenvalue weighted by atomic mass is 10.1. The first-order valence-electron chi connectivity index (χ1n) is 6.45. The maximum atomic E-state index is 11.6. The van der Waals surface area contributed by atoms with Crippen molar-refractivity contribution >= 4 is 21.8 Å². The van der Waals surface area contributed by atoms with Gasteiger partial charge in [0.2, 0.25) is 0 Å². The van der Waals surface area contributed by atoms with Crippen LogP contribution in [-0.2, 0) is 10.1 Å². The van der Waals surface area contributed by atoms with Crippen LogP contribution in [0.1, 0.15) is 18.1 Å². The van der Waals surface area contributed by atoms with E-state index in [1.54, 1.807) is 25.1 Å². The molecule has 0 saturated heterocycles. The van der Waals surface area contributed by atoms with Crippen molar-refractivity contribution in [2.45, 2.75) is 6.92 Å². The minimum absolute atomic E-state index is 0.0995. The first-order chi connectivity index (χ1) is 9.98.